The van der Waals surface area contributed by atoms with E-state index >= 15 is 0 Å². The SMILES string of the molecule is COc1ccc2cc(-c3cccc(Cl)c3)[nH]c2c1. The zero-order chi connectivity index (χ0) is 12.5. The van der Waals surface area contributed by atoms with E-state index in [1.165, 1.54) is 0 Å². The highest BCUT2D eigenvalue weighted by molar-refractivity contribution is 6.30. The van der Waals surface area contributed by atoms with Gasteiger partial charge in [-0.2, -0.15) is 0 Å². The Kier molecular flexibility index (Phi) is 2.73. The molecule has 3 heteroatoms. The minimum absolute atomic E-state index is 0.740. The molecule has 0 aliphatic heterocycles. The molecule has 2 aromatic carbocycles. The van der Waals surface area contributed by atoms with Crippen LogP contribution in [-0.2, 0) is 0 Å². The Morgan fingerprint density at radius 3 is 2.72 bits per heavy atom. The molecular formula is C15H12ClNO. The standard InChI is InChI=1S/C15H12ClNO/c1-18-13-6-5-11-8-14(17-15(11)9-13)10-3-2-4-12(16)7-10/h2-9,17H,1H3. The first kappa shape index (κ1) is 11.2. The molecule has 2 nitrogen and oxygen atoms in total. The summed E-state index contributed by atoms with van der Waals surface area (Å²) in [5, 5.41) is 1.90. The van der Waals surface area contributed by atoms with Gasteiger partial charge < -0.3 is 9.72 Å². The number of benzene rings is 2. The fourth-order valence-corrected chi connectivity index (χ4v) is 2.23. The first-order chi connectivity index (χ1) is 8.76. The number of nitrogens with one attached hydrogen (secondary N) is 1. The lowest BCUT2D eigenvalue weighted by Crippen LogP contribution is -1.81. The second kappa shape index (κ2) is 4.39. The van der Waals surface area contributed by atoms with Gasteiger partial charge in [0.2, 0.25) is 0 Å². The van der Waals surface area contributed by atoms with Crippen LogP contribution < -0.4 is 4.74 Å². The first-order valence-electron chi connectivity index (χ1n) is 5.69. The number of H-pyrrole nitrogens is 1. The van der Waals surface area contributed by atoms with E-state index in [9.17, 15) is 0 Å². The van der Waals surface area contributed by atoms with Crippen LogP contribution in [0.4, 0.5) is 0 Å². The second-order valence-electron chi connectivity index (χ2n) is 4.15. The summed E-state index contributed by atoms with van der Waals surface area (Å²) in [6, 6.07) is 15.9. The average Bonchev–Trinajstić information content (AvgIpc) is 2.81. The van der Waals surface area contributed by atoms with Gasteiger partial charge in [-0.1, -0.05) is 23.7 Å². The van der Waals surface area contributed by atoms with Crippen LogP contribution in [0.25, 0.3) is 22.2 Å². The summed E-state index contributed by atoms with van der Waals surface area (Å²) < 4.78 is 5.22. The van der Waals surface area contributed by atoms with Crippen LogP contribution in [0.15, 0.2) is 48.5 Å². The topological polar surface area (TPSA) is 25.0 Å². The van der Waals surface area contributed by atoms with Gasteiger partial charge in [0.1, 0.15) is 5.75 Å². The molecule has 3 aromatic rings. The van der Waals surface area contributed by atoms with E-state index in [4.69, 9.17) is 16.3 Å². The number of fused-ring (bicyclic) bond motifs is 1. The van der Waals surface area contributed by atoms with Gasteiger partial charge in [-0.3, -0.25) is 0 Å². The summed E-state index contributed by atoms with van der Waals surface area (Å²) in [7, 11) is 1.67. The Morgan fingerprint density at radius 1 is 1.06 bits per heavy atom. The Labute approximate surface area is 110 Å². The fourth-order valence-electron chi connectivity index (χ4n) is 2.04. The molecule has 0 atom stereocenters. The van der Waals surface area contributed by atoms with E-state index in [1.54, 1.807) is 7.11 Å². The van der Waals surface area contributed by atoms with Gasteiger partial charge in [0.05, 0.1) is 7.11 Å². The fraction of sp³-hybridized carbons (Fsp3) is 0.0667. The summed E-state index contributed by atoms with van der Waals surface area (Å²) in [6.07, 6.45) is 0. The van der Waals surface area contributed by atoms with E-state index in [1.807, 2.05) is 42.5 Å². The highest BCUT2D eigenvalue weighted by Gasteiger charge is 2.04. The van der Waals surface area contributed by atoms with Gasteiger partial charge in [-0.25, -0.2) is 0 Å². The van der Waals surface area contributed by atoms with Crippen LogP contribution in [0.1, 0.15) is 0 Å². The smallest absolute Gasteiger partial charge is 0.120 e. The maximum Gasteiger partial charge on any atom is 0.120 e. The van der Waals surface area contributed by atoms with Gasteiger partial charge in [0.25, 0.3) is 0 Å². The third kappa shape index (κ3) is 1.95. The zero-order valence-corrected chi connectivity index (χ0v) is 10.7. The average molecular weight is 258 g/mol. The molecular weight excluding hydrogens is 246 g/mol. The van der Waals surface area contributed by atoms with Gasteiger partial charge in [0.15, 0.2) is 0 Å². The molecule has 0 aliphatic carbocycles. The first-order valence-corrected chi connectivity index (χ1v) is 6.07. The molecule has 1 N–H and O–H groups in total. The van der Waals surface area contributed by atoms with E-state index in [-0.39, 0.29) is 0 Å². The van der Waals surface area contributed by atoms with Crippen molar-refractivity contribution in [1.29, 1.82) is 0 Å². The quantitative estimate of drug-likeness (QED) is 0.719. The molecule has 1 aromatic heterocycles. The number of hydrogen-bond donors (Lipinski definition) is 1. The summed E-state index contributed by atoms with van der Waals surface area (Å²) in [4.78, 5) is 3.38. The van der Waals surface area contributed by atoms with Crippen molar-refractivity contribution in [3.05, 3.63) is 53.6 Å². The second-order valence-corrected chi connectivity index (χ2v) is 4.58. The molecule has 3 rings (SSSR count). The Morgan fingerprint density at radius 2 is 1.94 bits per heavy atom. The zero-order valence-electron chi connectivity index (χ0n) is 9.91. The number of halogens is 1. The minimum Gasteiger partial charge on any atom is -0.497 e. The van der Waals surface area contributed by atoms with E-state index in [0.717, 1.165) is 32.9 Å². The van der Waals surface area contributed by atoms with Crippen LogP contribution in [-0.4, -0.2) is 12.1 Å². The lowest BCUT2D eigenvalue weighted by molar-refractivity contribution is 0.415. The lowest BCUT2D eigenvalue weighted by Gasteiger charge is -1.98. The Balaban J connectivity index is 2.13. The van der Waals surface area contributed by atoms with Crippen LogP contribution in [0.3, 0.4) is 0 Å². The molecule has 1 heterocycles. The van der Waals surface area contributed by atoms with Crippen molar-refractivity contribution >= 4 is 22.5 Å². The Bertz CT molecular complexity index is 703. The molecule has 90 valence electrons. The van der Waals surface area contributed by atoms with Crippen molar-refractivity contribution in [1.82, 2.24) is 4.98 Å². The largest absolute Gasteiger partial charge is 0.497 e. The number of methoxy groups -OCH3 is 1. The van der Waals surface area contributed by atoms with E-state index in [0.29, 0.717) is 0 Å². The Hall–Kier alpha value is -1.93. The molecule has 0 fully saturated rings. The maximum absolute atomic E-state index is 6.01. The van der Waals surface area contributed by atoms with Crippen LogP contribution in [0.5, 0.6) is 5.75 Å². The predicted molar refractivity (Wildman–Crippen MR) is 75.3 cm³/mol. The van der Waals surface area contributed by atoms with E-state index in [2.05, 4.69) is 11.1 Å². The number of rotatable bonds is 2. The third-order valence-corrected chi connectivity index (χ3v) is 3.20. The highest BCUT2D eigenvalue weighted by Crippen LogP contribution is 2.28. The minimum atomic E-state index is 0.740. The number of hydrogen-bond acceptors (Lipinski definition) is 1. The van der Waals surface area contributed by atoms with Gasteiger partial charge in [0, 0.05) is 27.7 Å². The van der Waals surface area contributed by atoms with Crippen molar-refractivity contribution < 1.29 is 4.74 Å². The third-order valence-electron chi connectivity index (χ3n) is 2.97. The van der Waals surface area contributed by atoms with Crippen molar-refractivity contribution in [2.45, 2.75) is 0 Å². The number of aromatic nitrogens is 1. The monoisotopic (exact) mass is 257 g/mol. The number of ether oxygens (including phenoxy) is 1. The molecule has 18 heavy (non-hydrogen) atoms. The van der Waals surface area contributed by atoms with Gasteiger partial charge in [-0.15, -0.1) is 0 Å². The van der Waals surface area contributed by atoms with Crippen LogP contribution in [0.2, 0.25) is 5.02 Å². The molecule has 0 saturated heterocycles. The molecule has 0 saturated carbocycles. The van der Waals surface area contributed by atoms with Crippen molar-refractivity contribution in [2.24, 2.45) is 0 Å². The molecule has 0 bridgehead atoms. The van der Waals surface area contributed by atoms with E-state index < -0.39 is 0 Å². The van der Waals surface area contributed by atoms with Crippen molar-refractivity contribution in [3.8, 4) is 17.0 Å². The van der Waals surface area contributed by atoms with Crippen molar-refractivity contribution in [2.75, 3.05) is 7.11 Å². The van der Waals surface area contributed by atoms with Crippen molar-refractivity contribution in [3.63, 3.8) is 0 Å². The van der Waals surface area contributed by atoms with Gasteiger partial charge in [-0.05, 0) is 35.9 Å². The lowest BCUT2D eigenvalue weighted by atomic mass is 10.1. The summed E-state index contributed by atoms with van der Waals surface area (Å²) >= 11 is 6.01. The normalized spacial score (nSPS) is 10.8. The molecule has 0 aliphatic rings. The predicted octanol–water partition coefficient (Wildman–Crippen LogP) is 4.50. The molecule has 0 spiro atoms. The molecule has 0 unspecified atom stereocenters. The summed E-state index contributed by atoms with van der Waals surface area (Å²) in [5.74, 6) is 0.849. The van der Waals surface area contributed by atoms with Gasteiger partial charge >= 0.3 is 0 Å². The summed E-state index contributed by atoms with van der Waals surface area (Å²) in [6.45, 7) is 0. The molecule has 0 radical (unpaired) electrons. The highest BCUT2D eigenvalue weighted by atomic mass is 35.5. The van der Waals surface area contributed by atoms with Crippen LogP contribution in [0, 0.1) is 0 Å². The maximum atomic E-state index is 6.01. The number of aromatic amines is 1. The van der Waals surface area contributed by atoms with Crippen LogP contribution >= 0.6 is 11.6 Å². The summed E-state index contributed by atoms with van der Waals surface area (Å²) in [5.41, 5.74) is 3.20. The molecule has 0 amide bonds.